The molecule has 1 atom stereocenters. The van der Waals surface area contributed by atoms with Crippen LogP contribution in [0.15, 0.2) is 54.6 Å². The molecule has 1 heterocycles. The Kier molecular flexibility index (Phi) is 6.65. The van der Waals surface area contributed by atoms with Gasteiger partial charge in [-0.3, -0.25) is 9.59 Å². The summed E-state index contributed by atoms with van der Waals surface area (Å²) in [5.41, 5.74) is 2.07. The molecule has 1 unspecified atom stereocenters. The first kappa shape index (κ1) is 20.6. The Hall–Kier alpha value is -3.15. The summed E-state index contributed by atoms with van der Waals surface area (Å²) in [7, 11) is 0. The van der Waals surface area contributed by atoms with E-state index in [-0.39, 0.29) is 36.0 Å². The van der Waals surface area contributed by atoms with E-state index in [4.69, 9.17) is 4.74 Å². The van der Waals surface area contributed by atoms with Crippen LogP contribution in [-0.2, 0) is 20.9 Å². The van der Waals surface area contributed by atoms with Crippen LogP contribution in [-0.4, -0.2) is 35.8 Å². The van der Waals surface area contributed by atoms with Crippen LogP contribution in [0.1, 0.15) is 36.2 Å². The second-order valence-corrected chi connectivity index (χ2v) is 7.72. The highest BCUT2D eigenvalue weighted by Crippen LogP contribution is 2.22. The summed E-state index contributed by atoms with van der Waals surface area (Å²) >= 11 is 0. The van der Waals surface area contributed by atoms with E-state index in [0.717, 1.165) is 5.56 Å². The van der Waals surface area contributed by atoms with Gasteiger partial charge in [0.15, 0.2) is 0 Å². The summed E-state index contributed by atoms with van der Waals surface area (Å²) in [5.74, 6) is -0.703. The fourth-order valence-corrected chi connectivity index (χ4v) is 3.16. The SMILES string of the molecule is CC(C)COC(=O)c1ccc(NC(=O)C2CC(=O)N(Cc3ccccc3)C2)cc1. The number of nitrogens with one attached hydrogen (secondary N) is 1. The number of carbonyl (C=O) groups is 3. The standard InChI is InChI=1S/C23H26N2O4/c1-16(2)15-29-23(28)18-8-10-20(11-9-18)24-22(27)19-12-21(26)25(14-19)13-17-6-4-3-5-7-17/h3-11,16,19H,12-15H2,1-2H3,(H,24,27). The third-order valence-corrected chi connectivity index (χ3v) is 4.74. The lowest BCUT2D eigenvalue weighted by molar-refractivity contribution is -0.128. The number of hydrogen-bond donors (Lipinski definition) is 1. The highest BCUT2D eigenvalue weighted by molar-refractivity contribution is 5.97. The Morgan fingerprint density at radius 2 is 1.79 bits per heavy atom. The average molecular weight is 394 g/mol. The third kappa shape index (κ3) is 5.67. The van der Waals surface area contributed by atoms with E-state index in [1.54, 1.807) is 29.2 Å². The molecular formula is C23H26N2O4. The molecule has 2 amide bonds. The number of ether oxygens (including phenoxy) is 1. The molecule has 152 valence electrons. The number of rotatable bonds is 7. The van der Waals surface area contributed by atoms with Crippen molar-refractivity contribution in [1.29, 1.82) is 0 Å². The molecule has 0 bridgehead atoms. The van der Waals surface area contributed by atoms with Crippen molar-refractivity contribution in [3.05, 3.63) is 65.7 Å². The van der Waals surface area contributed by atoms with Crippen LogP contribution in [0.4, 0.5) is 5.69 Å². The first-order valence-corrected chi connectivity index (χ1v) is 9.82. The Bertz CT molecular complexity index is 862. The van der Waals surface area contributed by atoms with Crippen molar-refractivity contribution in [2.24, 2.45) is 11.8 Å². The fraction of sp³-hybridized carbons (Fsp3) is 0.348. The number of anilines is 1. The number of esters is 1. The lowest BCUT2D eigenvalue weighted by atomic mass is 10.1. The maximum Gasteiger partial charge on any atom is 0.338 e. The molecular weight excluding hydrogens is 368 g/mol. The molecule has 0 aromatic heterocycles. The summed E-state index contributed by atoms with van der Waals surface area (Å²) in [6.07, 6.45) is 0.207. The number of benzene rings is 2. The second-order valence-electron chi connectivity index (χ2n) is 7.72. The van der Waals surface area contributed by atoms with Gasteiger partial charge in [-0.2, -0.15) is 0 Å². The van der Waals surface area contributed by atoms with Crippen molar-refractivity contribution in [2.45, 2.75) is 26.8 Å². The van der Waals surface area contributed by atoms with Gasteiger partial charge in [-0.25, -0.2) is 4.79 Å². The summed E-state index contributed by atoms with van der Waals surface area (Å²) < 4.78 is 5.19. The largest absolute Gasteiger partial charge is 0.462 e. The van der Waals surface area contributed by atoms with Gasteiger partial charge in [0, 0.05) is 25.2 Å². The monoisotopic (exact) mass is 394 g/mol. The minimum atomic E-state index is -0.387. The van der Waals surface area contributed by atoms with Crippen molar-refractivity contribution < 1.29 is 19.1 Å². The maximum absolute atomic E-state index is 12.6. The number of carbonyl (C=O) groups excluding carboxylic acids is 3. The van der Waals surface area contributed by atoms with Crippen molar-refractivity contribution in [1.82, 2.24) is 4.90 Å². The van der Waals surface area contributed by atoms with Crippen LogP contribution in [0.3, 0.4) is 0 Å². The van der Waals surface area contributed by atoms with Gasteiger partial charge < -0.3 is 15.0 Å². The lowest BCUT2D eigenvalue weighted by Crippen LogP contribution is -2.28. The number of likely N-dealkylation sites (tertiary alicyclic amines) is 1. The molecule has 1 aliphatic heterocycles. The van der Waals surface area contributed by atoms with E-state index in [1.807, 2.05) is 44.2 Å². The zero-order chi connectivity index (χ0) is 20.8. The highest BCUT2D eigenvalue weighted by Gasteiger charge is 2.34. The molecule has 2 aromatic rings. The topological polar surface area (TPSA) is 75.7 Å². The van der Waals surface area contributed by atoms with E-state index in [1.165, 1.54) is 0 Å². The molecule has 3 rings (SSSR count). The van der Waals surface area contributed by atoms with E-state index in [0.29, 0.717) is 30.9 Å². The van der Waals surface area contributed by atoms with Gasteiger partial charge >= 0.3 is 5.97 Å². The zero-order valence-corrected chi connectivity index (χ0v) is 16.8. The summed E-state index contributed by atoms with van der Waals surface area (Å²) in [6, 6.07) is 16.3. The van der Waals surface area contributed by atoms with Gasteiger partial charge in [0.1, 0.15) is 0 Å². The molecule has 6 nitrogen and oxygen atoms in total. The highest BCUT2D eigenvalue weighted by atomic mass is 16.5. The predicted octanol–water partition coefficient (Wildman–Crippen LogP) is 3.49. The van der Waals surface area contributed by atoms with Crippen LogP contribution >= 0.6 is 0 Å². The summed E-state index contributed by atoms with van der Waals surface area (Å²) in [5, 5.41) is 2.84. The van der Waals surface area contributed by atoms with Gasteiger partial charge in [0.2, 0.25) is 11.8 Å². The van der Waals surface area contributed by atoms with Crippen LogP contribution in [0, 0.1) is 11.8 Å². The van der Waals surface area contributed by atoms with E-state index in [2.05, 4.69) is 5.32 Å². The van der Waals surface area contributed by atoms with Crippen LogP contribution in [0.2, 0.25) is 0 Å². The second kappa shape index (κ2) is 9.37. The molecule has 6 heteroatoms. The van der Waals surface area contributed by atoms with Gasteiger partial charge in [0.25, 0.3) is 0 Å². The van der Waals surface area contributed by atoms with Gasteiger partial charge in [0.05, 0.1) is 18.1 Å². The molecule has 2 aromatic carbocycles. The quantitative estimate of drug-likeness (QED) is 0.730. The number of amides is 2. The molecule has 1 fully saturated rings. The van der Waals surface area contributed by atoms with Gasteiger partial charge in [-0.05, 0) is 35.7 Å². The van der Waals surface area contributed by atoms with Crippen molar-refractivity contribution >= 4 is 23.5 Å². The molecule has 0 aliphatic carbocycles. The minimum Gasteiger partial charge on any atom is -0.462 e. The molecule has 1 N–H and O–H groups in total. The Morgan fingerprint density at radius 3 is 2.45 bits per heavy atom. The first-order chi connectivity index (χ1) is 13.9. The van der Waals surface area contributed by atoms with Crippen LogP contribution in [0.5, 0.6) is 0 Å². The van der Waals surface area contributed by atoms with E-state index < -0.39 is 0 Å². The Morgan fingerprint density at radius 1 is 1.10 bits per heavy atom. The Balaban J connectivity index is 1.53. The third-order valence-electron chi connectivity index (χ3n) is 4.74. The summed E-state index contributed by atoms with van der Waals surface area (Å²) in [4.78, 5) is 38.5. The van der Waals surface area contributed by atoms with Crippen LogP contribution in [0.25, 0.3) is 0 Å². The molecule has 1 saturated heterocycles. The van der Waals surface area contributed by atoms with E-state index in [9.17, 15) is 14.4 Å². The molecule has 0 saturated carbocycles. The summed E-state index contributed by atoms with van der Waals surface area (Å²) in [6.45, 7) is 5.23. The minimum absolute atomic E-state index is 0.0164. The maximum atomic E-state index is 12.6. The average Bonchev–Trinajstić information content (AvgIpc) is 3.08. The van der Waals surface area contributed by atoms with Crippen molar-refractivity contribution in [3.63, 3.8) is 0 Å². The fourth-order valence-electron chi connectivity index (χ4n) is 3.16. The van der Waals surface area contributed by atoms with Gasteiger partial charge in [-0.1, -0.05) is 44.2 Å². The smallest absolute Gasteiger partial charge is 0.338 e. The molecule has 0 spiro atoms. The Labute approximate surface area is 170 Å². The van der Waals surface area contributed by atoms with Gasteiger partial charge in [-0.15, -0.1) is 0 Å². The van der Waals surface area contributed by atoms with Crippen LogP contribution < -0.4 is 5.32 Å². The van der Waals surface area contributed by atoms with E-state index >= 15 is 0 Å². The zero-order valence-electron chi connectivity index (χ0n) is 16.8. The van der Waals surface area contributed by atoms with Crippen molar-refractivity contribution in [2.75, 3.05) is 18.5 Å². The lowest BCUT2D eigenvalue weighted by Gasteiger charge is -2.16. The molecule has 0 radical (unpaired) electrons. The predicted molar refractivity (Wildman–Crippen MR) is 110 cm³/mol. The number of hydrogen-bond acceptors (Lipinski definition) is 4. The van der Waals surface area contributed by atoms with Crippen molar-refractivity contribution in [3.8, 4) is 0 Å². The number of nitrogens with zero attached hydrogens (tertiary/aromatic N) is 1. The molecule has 1 aliphatic rings. The normalized spacial score (nSPS) is 16.2. The molecule has 29 heavy (non-hydrogen) atoms. The first-order valence-electron chi connectivity index (χ1n) is 9.82.